The number of ether oxygens (including phenoxy) is 1. The minimum Gasteiger partial charge on any atom is -0.444 e. The van der Waals surface area contributed by atoms with Crippen molar-refractivity contribution in [3.05, 3.63) is 35.9 Å². The van der Waals surface area contributed by atoms with Crippen molar-refractivity contribution in [2.75, 3.05) is 14.1 Å². The first kappa shape index (κ1) is 17.2. The van der Waals surface area contributed by atoms with Crippen LogP contribution in [-0.4, -0.2) is 43.0 Å². The summed E-state index contributed by atoms with van der Waals surface area (Å²) in [5.41, 5.74) is 0.355. The predicted octanol–water partition coefficient (Wildman–Crippen LogP) is 2.38. The lowest BCUT2D eigenvalue weighted by Crippen LogP contribution is -2.46. The molecule has 2 atom stereocenters. The Hall–Kier alpha value is -1.88. The maximum absolute atomic E-state index is 11.9. The molecule has 0 radical (unpaired) electrons. The average molecular weight is 292 g/mol. The Morgan fingerprint density at radius 3 is 2.24 bits per heavy atom. The fourth-order valence-corrected chi connectivity index (χ4v) is 2.11. The van der Waals surface area contributed by atoms with Crippen molar-refractivity contribution in [2.45, 2.75) is 38.5 Å². The van der Waals surface area contributed by atoms with E-state index >= 15 is 0 Å². The van der Waals surface area contributed by atoms with Crippen LogP contribution < -0.4 is 5.32 Å². The van der Waals surface area contributed by atoms with Gasteiger partial charge in [-0.1, -0.05) is 30.3 Å². The molecule has 0 saturated carbocycles. The zero-order valence-corrected chi connectivity index (χ0v) is 13.3. The van der Waals surface area contributed by atoms with E-state index in [2.05, 4.69) is 5.32 Å². The van der Waals surface area contributed by atoms with Crippen LogP contribution in [0.25, 0.3) is 0 Å². The summed E-state index contributed by atoms with van der Waals surface area (Å²) in [6, 6.07) is 8.64. The van der Waals surface area contributed by atoms with Gasteiger partial charge in [-0.3, -0.25) is 0 Å². The summed E-state index contributed by atoms with van der Waals surface area (Å²) in [5.74, 6) is 0. The molecule has 0 aliphatic rings. The van der Waals surface area contributed by atoms with Crippen LogP contribution in [0.15, 0.2) is 30.3 Å². The van der Waals surface area contributed by atoms with Gasteiger partial charge in [-0.05, 0) is 40.4 Å². The highest BCUT2D eigenvalue weighted by Gasteiger charge is 2.28. The summed E-state index contributed by atoms with van der Waals surface area (Å²) in [7, 11) is 3.73. The van der Waals surface area contributed by atoms with Gasteiger partial charge in [0.05, 0.1) is 6.04 Å². The number of alkyl carbamates (subject to hydrolysis) is 1. The molecule has 0 aliphatic heterocycles. The van der Waals surface area contributed by atoms with Crippen LogP contribution in [0.3, 0.4) is 0 Å². The quantitative estimate of drug-likeness (QED) is 0.847. The maximum Gasteiger partial charge on any atom is 0.408 e. The largest absolute Gasteiger partial charge is 0.444 e. The van der Waals surface area contributed by atoms with Gasteiger partial charge in [-0.15, -0.1) is 0 Å². The highest BCUT2D eigenvalue weighted by molar-refractivity contribution is 5.74. The first-order valence-corrected chi connectivity index (χ1v) is 6.91. The van der Waals surface area contributed by atoms with Crippen molar-refractivity contribution in [2.24, 2.45) is 0 Å². The van der Waals surface area contributed by atoms with E-state index in [-0.39, 0.29) is 6.04 Å². The lowest BCUT2D eigenvalue weighted by Gasteiger charge is -2.30. The lowest BCUT2D eigenvalue weighted by molar-refractivity contribution is -0.111. The van der Waals surface area contributed by atoms with E-state index in [1.165, 1.54) is 0 Å². The molecule has 5 nitrogen and oxygen atoms in total. The Balaban J connectivity index is 2.89. The number of carbonyl (C=O) groups excluding carboxylic acids is 2. The number of nitrogens with zero attached hydrogens (tertiary/aromatic N) is 1. The normalized spacial score (nSPS) is 14.4. The Morgan fingerprint density at radius 2 is 1.81 bits per heavy atom. The van der Waals surface area contributed by atoms with E-state index < -0.39 is 17.7 Å². The lowest BCUT2D eigenvalue weighted by atomic mass is 9.99. The van der Waals surface area contributed by atoms with Crippen molar-refractivity contribution in [3.8, 4) is 0 Å². The van der Waals surface area contributed by atoms with E-state index in [0.29, 0.717) is 0 Å². The Bertz CT molecular complexity index is 466. The first-order valence-electron chi connectivity index (χ1n) is 6.91. The molecule has 21 heavy (non-hydrogen) atoms. The van der Waals surface area contributed by atoms with Crippen molar-refractivity contribution < 1.29 is 14.3 Å². The summed E-state index contributed by atoms with van der Waals surface area (Å²) in [6.45, 7) is 5.34. The third-order valence-corrected chi connectivity index (χ3v) is 2.87. The van der Waals surface area contributed by atoms with Crippen LogP contribution in [0.4, 0.5) is 4.79 Å². The molecular weight excluding hydrogens is 268 g/mol. The number of hydrogen-bond donors (Lipinski definition) is 1. The second-order valence-corrected chi connectivity index (χ2v) is 6.13. The molecule has 1 rings (SSSR count). The fraction of sp³-hybridized carbons (Fsp3) is 0.500. The molecule has 1 aromatic carbocycles. The third kappa shape index (κ3) is 5.55. The standard InChI is InChI=1S/C16H24N2O3/c1-16(2,3)21-15(20)17-13(11-19)14(18(4)5)12-9-7-6-8-10-12/h6-11,13-14H,1-5H3,(H,17,20)/t13?,14-/m0/s1. The summed E-state index contributed by atoms with van der Waals surface area (Å²) in [6.07, 6.45) is 0.143. The summed E-state index contributed by atoms with van der Waals surface area (Å²) >= 11 is 0. The Morgan fingerprint density at radius 1 is 1.24 bits per heavy atom. The van der Waals surface area contributed by atoms with Gasteiger partial charge in [0.25, 0.3) is 0 Å². The molecule has 0 spiro atoms. The zero-order valence-electron chi connectivity index (χ0n) is 13.3. The summed E-state index contributed by atoms with van der Waals surface area (Å²) in [4.78, 5) is 25.2. The second kappa shape index (κ2) is 7.22. The second-order valence-electron chi connectivity index (χ2n) is 6.13. The summed E-state index contributed by atoms with van der Waals surface area (Å²) in [5, 5.41) is 2.63. The van der Waals surface area contributed by atoms with Crippen LogP contribution in [0.2, 0.25) is 0 Å². The van der Waals surface area contributed by atoms with Crippen LogP contribution in [0.1, 0.15) is 32.4 Å². The van der Waals surface area contributed by atoms with Crippen molar-refractivity contribution in [3.63, 3.8) is 0 Å². The smallest absolute Gasteiger partial charge is 0.408 e. The summed E-state index contributed by atoms with van der Waals surface area (Å²) < 4.78 is 5.21. The van der Waals surface area contributed by atoms with Crippen LogP contribution >= 0.6 is 0 Å². The molecule has 1 amide bonds. The SMILES string of the molecule is CN(C)[C@@H](c1ccccc1)C(C=O)NC(=O)OC(C)(C)C. The third-order valence-electron chi connectivity index (χ3n) is 2.87. The molecule has 0 aromatic heterocycles. The van der Waals surface area contributed by atoms with E-state index in [1.54, 1.807) is 20.8 Å². The van der Waals surface area contributed by atoms with Gasteiger partial charge < -0.3 is 19.7 Å². The molecule has 1 N–H and O–H groups in total. The number of likely N-dealkylation sites (N-methyl/N-ethyl adjacent to an activating group) is 1. The molecule has 1 unspecified atom stereocenters. The molecule has 0 aliphatic carbocycles. The van der Waals surface area contributed by atoms with Gasteiger partial charge in [0.1, 0.15) is 17.9 Å². The van der Waals surface area contributed by atoms with Crippen molar-refractivity contribution in [1.29, 1.82) is 0 Å². The van der Waals surface area contributed by atoms with Crippen LogP contribution in [0, 0.1) is 0 Å². The van der Waals surface area contributed by atoms with Crippen LogP contribution in [0.5, 0.6) is 0 Å². The number of nitrogens with one attached hydrogen (secondary N) is 1. The van der Waals surface area contributed by atoms with Crippen molar-refractivity contribution >= 4 is 12.4 Å². The predicted molar refractivity (Wildman–Crippen MR) is 82.1 cm³/mol. The molecular formula is C16H24N2O3. The molecule has 0 bridgehead atoms. The van der Waals surface area contributed by atoms with E-state index in [9.17, 15) is 9.59 Å². The number of benzene rings is 1. The van der Waals surface area contributed by atoms with E-state index in [4.69, 9.17) is 4.74 Å². The highest BCUT2D eigenvalue weighted by Crippen LogP contribution is 2.21. The topological polar surface area (TPSA) is 58.6 Å². The Labute approximate surface area is 126 Å². The van der Waals surface area contributed by atoms with E-state index in [1.807, 2.05) is 49.3 Å². The molecule has 116 valence electrons. The van der Waals surface area contributed by atoms with E-state index in [0.717, 1.165) is 11.8 Å². The zero-order chi connectivity index (χ0) is 16.0. The highest BCUT2D eigenvalue weighted by atomic mass is 16.6. The number of rotatable bonds is 5. The number of carbonyl (C=O) groups is 2. The van der Waals surface area contributed by atoms with Crippen molar-refractivity contribution in [1.82, 2.24) is 10.2 Å². The first-order chi connectivity index (χ1) is 9.74. The van der Waals surface area contributed by atoms with Gasteiger partial charge >= 0.3 is 6.09 Å². The average Bonchev–Trinajstić information content (AvgIpc) is 2.36. The molecule has 5 heteroatoms. The van der Waals surface area contributed by atoms with Gasteiger partial charge in [-0.25, -0.2) is 4.79 Å². The number of hydrogen-bond acceptors (Lipinski definition) is 4. The Kier molecular flexibility index (Phi) is 5.90. The minimum atomic E-state index is -0.683. The number of aldehydes is 1. The molecule has 1 aromatic rings. The molecule has 0 saturated heterocycles. The minimum absolute atomic E-state index is 0.254. The van der Waals surface area contributed by atoms with Crippen LogP contribution in [-0.2, 0) is 9.53 Å². The van der Waals surface area contributed by atoms with Gasteiger partial charge in [-0.2, -0.15) is 0 Å². The van der Waals surface area contributed by atoms with Gasteiger partial charge in [0.2, 0.25) is 0 Å². The van der Waals surface area contributed by atoms with Gasteiger partial charge in [0, 0.05) is 0 Å². The number of amides is 1. The molecule has 0 fully saturated rings. The fourth-order valence-electron chi connectivity index (χ4n) is 2.11. The monoisotopic (exact) mass is 292 g/mol. The maximum atomic E-state index is 11.9. The molecule has 0 heterocycles. The van der Waals surface area contributed by atoms with Gasteiger partial charge in [0.15, 0.2) is 0 Å².